The largest absolute Gasteiger partial charge is 0.480 e. The van der Waals surface area contributed by atoms with Crippen molar-refractivity contribution in [2.45, 2.75) is 38.3 Å². The van der Waals surface area contributed by atoms with Crippen molar-refractivity contribution in [1.29, 1.82) is 0 Å². The molecule has 0 rings (SSSR count). The molecule has 0 aliphatic carbocycles. The fourth-order valence-corrected chi connectivity index (χ4v) is 1.35. The Bertz CT molecular complexity index is 320. The Morgan fingerprint density at radius 3 is 2.32 bits per heavy atom. The number of carboxylic acids is 1. The van der Waals surface area contributed by atoms with Crippen LogP contribution in [0.4, 0.5) is 0 Å². The molecule has 0 unspecified atom stereocenters. The van der Waals surface area contributed by atoms with Crippen LogP contribution in [0.5, 0.6) is 0 Å². The zero-order valence-electron chi connectivity index (χ0n) is 11.0. The van der Waals surface area contributed by atoms with Gasteiger partial charge in [0.1, 0.15) is 12.6 Å². The van der Waals surface area contributed by atoms with Crippen molar-refractivity contribution in [3.05, 3.63) is 0 Å². The summed E-state index contributed by atoms with van der Waals surface area (Å²) in [5.74, 6) is -2.13. The number of carbonyl (C=O) groups excluding carboxylic acids is 2. The van der Waals surface area contributed by atoms with Crippen LogP contribution in [-0.4, -0.2) is 48.1 Å². The summed E-state index contributed by atoms with van der Waals surface area (Å²) >= 11 is 0. The van der Waals surface area contributed by atoms with Gasteiger partial charge in [-0.2, -0.15) is 0 Å². The molecule has 0 radical (unpaired) electrons. The second-order valence-electron chi connectivity index (χ2n) is 4.25. The average molecular weight is 274 g/mol. The van der Waals surface area contributed by atoms with Crippen LogP contribution in [0.15, 0.2) is 0 Å². The summed E-state index contributed by atoms with van der Waals surface area (Å²) in [6.07, 6.45) is 1.76. The Balaban J connectivity index is 4.42. The molecular weight excluding hydrogens is 252 g/mol. The van der Waals surface area contributed by atoms with Gasteiger partial charge in [0.25, 0.3) is 0 Å². The molecule has 19 heavy (non-hydrogen) atoms. The first-order valence-corrected chi connectivity index (χ1v) is 6.14. The van der Waals surface area contributed by atoms with Crippen LogP contribution in [0.1, 0.15) is 26.2 Å². The number of amides is 2. The van der Waals surface area contributed by atoms with Crippen LogP contribution in [0.2, 0.25) is 0 Å². The van der Waals surface area contributed by atoms with Crippen molar-refractivity contribution >= 4 is 17.8 Å². The van der Waals surface area contributed by atoms with Crippen LogP contribution in [0.25, 0.3) is 0 Å². The second kappa shape index (κ2) is 9.29. The summed E-state index contributed by atoms with van der Waals surface area (Å²) in [5.41, 5.74) is 10.8. The molecule has 0 aromatic rings. The number of hydrogen-bond acceptors (Lipinski definition) is 5. The number of aliphatic carboxylic acids is 1. The van der Waals surface area contributed by atoms with E-state index in [-0.39, 0.29) is 0 Å². The van der Waals surface area contributed by atoms with Crippen LogP contribution < -0.4 is 22.1 Å². The predicted octanol–water partition coefficient (Wildman–Crippen LogP) is -1.85. The molecule has 2 amide bonds. The number of rotatable bonds is 9. The summed E-state index contributed by atoms with van der Waals surface area (Å²) in [6.45, 7) is 1.51. The number of nitrogens with two attached hydrogens (primary N) is 2. The minimum absolute atomic E-state index is 0.390. The van der Waals surface area contributed by atoms with Crippen molar-refractivity contribution in [3.8, 4) is 0 Å². The molecule has 110 valence electrons. The topological polar surface area (TPSA) is 148 Å². The Labute approximate surface area is 111 Å². The number of nitrogens with one attached hydrogen (secondary N) is 2. The molecule has 0 saturated carbocycles. The van der Waals surface area contributed by atoms with Gasteiger partial charge < -0.3 is 27.2 Å². The first kappa shape index (κ1) is 17.3. The molecule has 8 nitrogen and oxygen atoms in total. The molecule has 0 aromatic carbocycles. The molecular formula is C11H22N4O4. The highest BCUT2D eigenvalue weighted by atomic mass is 16.4. The van der Waals surface area contributed by atoms with E-state index in [0.29, 0.717) is 19.4 Å². The molecule has 0 bridgehead atoms. The summed E-state index contributed by atoms with van der Waals surface area (Å²) in [6, 6.07) is -1.52. The van der Waals surface area contributed by atoms with Gasteiger partial charge in [0.2, 0.25) is 11.8 Å². The highest BCUT2D eigenvalue weighted by Gasteiger charge is 2.21. The number of hydrogen-bond donors (Lipinski definition) is 5. The third-order valence-corrected chi connectivity index (χ3v) is 2.41. The van der Waals surface area contributed by atoms with Gasteiger partial charge >= 0.3 is 5.97 Å². The van der Waals surface area contributed by atoms with Crippen LogP contribution in [0.3, 0.4) is 0 Å². The minimum atomic E-state index is -1.15. The second-order valence-corrected chi connectivity index (χ2v) is 4.25. The zero-order chi connectivity index (χ0) is 14.8. The first-order valence-electron chi connectivity index (χ1n) is 6.14. The maximum Gasteiger partial charge on any atom is 0.322 e. The van der Waals surface area contributed by atoms with Crippen LogP contribution >= 0.6 is 0 Å². The summed E-state index contributed by atoms with van der Waals surface area (Å²) in [5, 5.41) is 13.2. The molecule has 0 saturated heterocycles. The van der Waals surface area contributed by atoms with Crippen molar-refractivity contribution in [2.75, 3.05) is 13.1 Å². The fourth-order valence-electron chi connectivity index (χ4n) is 1.35. The van der Waals surface area contributed by atoms with Crippen molar-refractivity contribution in [3.63, 3.8) is 0 Å². The standard InChI is InChI=1S/C11H22N4O4/c1-7(13)10(18)15-8(4-2-3-5-12)11(19)14-6-9(16)17/h7-8H,2-6,12-13H2,1H3,(H,14,19)(H,15,18)(H,16,17)/t7-,8-/m0/s1. The summed E-state index contributed by atoms with van der Waals surface area (Å²) < 4.78 is 0. The van der Waals surface area contributed by atoms with Crippen molar-refractivity contribution in [1.82, 2.24) is 10.6 Å². The van der Waals surface area contributed by atoms with E-state index in [1.165, 1.54) is 6.92 Å². The Morgan fingerprint density at radius 2 is 1.84 bits per heavy atom. The Kier molecular flexibility index (Phi) is 8.47. The maximum absolute atomic E-state index is 11.7. The lowest BCUT2D eigenvalue weighted by Gasteiger charge is -2.19. The normalized spacial score (nSPS) is 13.4. The van der Waals surface area contributed by atoms with Gasteiger partial charge in [-0.15, -0.1) is 0 Å². The van der Waals surface area contributed by atoms with Crippen LogP contribution in [-0.2, 0) is 14.4 Å². The van der Waals surface area contributed by atoms with Gasteiger partial charge in [-0.3, -0.25) is 14.4 Å². The zero-order valence-corrected chi connectivity index (χ0v) is 11.0. The van der Waals surface area contributed by atoms with E-state index in [1.54, 1.807) is 0 Å². The van der Waals surface area contributed by atoms with Gasteiger partial charge in [-0.25, -0.2) is 0 Å². The molecule has 0 aromatic heterocycles. The maximum atomic E-state index is 11.7. The van der Waals surface area contributed by atoms with Crippen LogP contribution in [0, 0.1) is 0 Å². The van der Waals surface area contributed by atoms with Crippen molar-refractivity contribution in [2.24, 2.45) is 11.5 Å². The molecule has 0 spiro atoms. The SMILES string of the molecule is C[C@H](N)C(=O)N[C@@H](CCCCN)C(=O)NCC(=O)O. The molecule has 0 aliphatic rings. The van der Waals surface area contributed by atoms with E-state index in [1.807, 2.05) is 0 Å². The average Bonchev–Trinajstić information content (AvgIpc) is 2.34. The van der Waals surface area contributed by atoms with E-state index < -0.39 is 36.4 Å². The third-order valence-electron chi connectivity index (χ3n) is 2.41. The number of carbonyl (C=O) groups is 3. The highest BCUT2D eigenvalue weighted by Crippen LogP contribution is 2.01. The van der Waals surface area contributed by atoms with E-state index in [2.05, 4.69) is 10.6 Å². The van der Waals surface area contributed by atoms with E-state index in [4.69, 9.17) is 16.6 Å². The van der Waals surface area contributed by atoms with Gasteiger partial charge in [-0.1, -0.05) is 0 Å². The predicted molar refractivity (Wildman–Crippen MR) is 69.1 cm³/mol. The van der Waals surface area contributed by atoms with E-state index in [9.17, 15) is 14.4 Å². The third kappa shape index (κ3) is 8.11. The molecule has 7 N–H and O–H groups in total. The highest BCUT2D eigenvalue weighted by molar-refractivity contribution is 5.90. The summed E-state index contributed by atoms with van der Waals surface area (Å²) in [4.78, 5) is 33.6. The molecule has 8 heteroatoms. The fraction of sp³-hybridized carbons (Fsp3) is 0.727. The summed E-state index contributed by atoms with van der Waals surface area (Å²) in [7, 11) is 0. The Hall–Kier alpha value is -1.67. The smallest absolute Gasteiger partial charge is 0.322 e. The van der Waals surface area contributed by atoms with E-state index in [0.717, 1.165) is 6.42 Å². The molecule has 2 atom stereocenters. The lowest BCUT2D eigenvalue weighted by molar-refractivity contribution is -0.138. The Morgan fingerprint density at radius 1 is 1.21 bits per heavy atom. The van der Waals surface area contributed by atoms with Gasteiger partial charge in [-0.05, 0) is 32.7 Å². The first-order chi connectivity index (χ1) is 8.88. The minimum Gasteiger partial charge on any atom is -0.480 e. The lowest BCUT2D eigenvalue weighted by Crippen LogP contribution is -2.51. The van der Waals surface area contributed by atoms with Gasteiger partial charge in [0.15, 0.2) is 0 Å². The number of unbranched alkanes of at least 4 members (excludes halogenated alkanes) is 1. The molecule has 0 aliphatic heterocycles. The monoisotopic (exact) mass is 274 g/mol. The molecule has 0 heterocycles. The number of carboxylic acid groups (broad SMARTS) is 1. The van der Waals surface area contributed by atoms with Gasteiger partial charge in [0, 0.05) is 0 Å². The quantitative estimate of drug-likeness (QED) is 0.312. The van der Waals surface area contributed by atoms with E-state index >= 15 is 0 Å². The molecule has 0 fully saturated rings. The van der Waals surface area contributed by atoms with Crippen molar-refractivity contribution < 1.29 is 19.5 Å². The van der Waals surface area contributed by atoms with Gasteiger partial charge in [0.05, 0.1) is 6.04 Å². The lowest BCUT2D eigenvalue weighted by atomic mass is 10.1.